The molecule has 0 saturated heterocycles. The monoisotopic (exact) mass is 431 g/mol. The summed E-state index contributed by atoms with van der Waals surface area (Å²) in [6.45, 7) is -8.09. The van der Waals surface area contributed by atoms with Gasteiger partial charge in [-0.3, -0.25) is 0 Å². The molecule has 0 saturated carbocycles. The Kier molecular flexibility index (Phi) is 8.31. The molecule has 0 aliphatic heterocycles. The van der Waals surface area contributed by atoms with Crippen molar-refractivity contribution in [1.82, 2.24) is 0 Å². The Morgan fingerprint density at radius 3 is 1.36 bits per heavy atom. The van der Waals surface area contributed by atoms with E-state index in [9.17, 15) is 43.9 Å². The van der Waals surface area contributed by atoms with Gasteiger partial charge in [0.1, 0.15) is 19.8 Å². The third-order valence-corrected chi connectivity index (χ3v) is 2.12. The third-order valence-electron chi connectivity index (χ3n) is 2.12. The number of aliphatic hydroxyl groups excluding tert-OH is 1. The normalized spacial score (nSPS) is 14.7. The summed E-state index contributed by atoms with van der Waals surface area (Å²) >= 11 is 0. The second-order valence-electron chi connectivity index (χ2n) is 3.88. The quantitative estimate of drug-likeness (QED) is 0.580. The van der Waals surface area contributed by atoms with Crippen molar-refractivity contribution in [3.05, 3.63) is 0 Å². The van der Waals surface area contributed by atoms with Gasteiger partial charge < -0.3 is 14.9 Å². The summed E-state index contributed by atoms with van der Waals surface area (Å²) in [4.78, 5) is 0. The van der Waals surface area contributed by atoms with Gasteiger partial charge in [-0.05, 0) is 0 Å². The largest absolute Gasteiger partial charge is 0.419 e. The first-order chi connectivity index (χ1) is 9.02. The number of alkyl halides is 10. The van der Waals surface area contributed by atoms with Crippen molar-refractivity contribution in [2.75, 3.05) is 19.8 Å². The average Bonchev–Trinajstić information content (AvgIpc) is 2.26. The van der Waals surface area contributed by atoms with E-state index in [2.05, 4.69) is 4.74 Å². The van der Waals surface area contributed by atoms with Gasteiger partial charge in [0.05, 0.1) is 0 Å². The van der Waals surface area contributed by atoms with Crippen molar-refractivity contribution in [2.24, 2.45) is 0 Å². The molecule has 0 unspecified atom stereocenters. The van der Waals surface area contributed by atoms with E-state index in [4.69, 9.17) is 10.2 Å². The molecule has 0 atom stereocenters. The van der Waals surface area contributed by atoms with Gasteiger partial charge in [-0.2, -0.15) is 43.9 Å². The Bertz CT molecular complexity index is 357. The molecule has 0 fully saturated rings. The van der Waals surface area contributed by atoms with Crippen molar-refractivity contribution in [1.29, 1.82) is 0 Å². The first-order valence-corrected chi connectivity index (χ1v) is 4.82. The van der Waals surface area contributed by atoms with Crippen molar-refractivity contribution >= 4 is 0 Å². The van der Waals surface area contributed by atoms with E-state index >= 15 is 0 Å². The van der Waals surface area contributed by atoms with Gasteiger partial charge in [-0.25, -0.2) is 0 Å². The fourth-order valence-corrected chi connectivity index (χ4v) is 0.852. The maximum Gasteiger partial charge on any atom is 0.419 e. The summed E-state index contributed by atoms with van der Waals surface area (Å²) in [6, 6.07) is 0. The minimum Gasteiger partial charge on any atom is -0.390 e. The molecule has 3 nitrogen and oxygen atoms in total. The van der Waals surface area contributed by atoms with E-state index in [0.717, 1.165) is 0 Å². The second kappa shape index (κ2) is 7.45. The fourth-order valence-electron chi connectivity index (χ4n) is 0.852. The Hall–Kier alpha value is 0.284. The van der Waals surface area contributed by atoms with Gasteiger partial charge in [-0.1, -0.05) is 0 Å². The van der Waals surface area contributed by atoms with Crippen molar-refractivity contribution in [3.8, 4) is 0 Å². The SMILES string of the molecule is OCC(F)(F)C(F)(F)C(F)(F)COCC(F)(F)C(O)(F)F.[Y]. The van der Waals surface area contributed by atoms with Gasteiger partial charge >= 0.3 is 29.8 Å². The van der Waals surface area contributed by atoms with E-state index in [1.807, 2.05) is 0 Å². The first-order valence-electron chi connectivity index (χ1n) is 4.82. The fraction of sp³-hybridized carbons (Fsp3) is 1.00. The van der Waals surface area contributed by atoms with Crippen LogP contribution >= 0.6 is 0 Å². The molecule has 0 amide bonds. The summed E-state index contributed by atoms with van der Waals surface area (Å²) in [5.74, 6) is -23.0. The smallest absolute Gasteiger partial charge is 0.390 e. The summed E-state index contributed by atoms with van der Waals surface area (Å²) in [5.41, 5.74) is 0. The maximum absolute atomic E-state index is 12.8. The van der Waals surface area contributed by atoms with Crippen LogP contribution in [0.25, 0.3) is 0 Å². The summed E-state index contributed by atoms with van der Waals surface area (Å²) < 4.78 is 127. The topological polar surface area (TPSA) is 49.7 Å². The third kappa shape index (κ3) is 5.15. The molecular formula is C8H8F10O3Y. The van der Waals surface area contributed by atoms with Gasteiger partial charge in [0.15, 0.2) is 0 Å². The van der Waals surface area contributed by atoms with E-state index in [1.165, 1.54) is 0 Å². The van der Waals surface area contributed by atoms with Crippen LogP contribution in [-0.2, 0) is 37.4 Å². The predicted molar refractivity (Wildman–Crippen MR) is 44.9 cm³/mol. The Morgan fingerprint density at radius 1 is 0.682 bits per heavy atom. The number of ether oxygens (including phenoxy) is 1. The molecule has 0 bridgehead atoms. The van der Waals surface area contributed by atoms with E-state index < -0.39 is 49.6 Å². The van der Waals surface area contributed by atoms with Crippen LogP contribution in [0.4, 0.5) is 43.9 Å². The van der Waals surface area contributed by atoms with Gasteiger partial charge in [0.25, 0.3) is 0 Å². The number of halogens is 10. The van der Waals surface area contributed by atoms with E-state index in [1.54, 1.807) is 0 Å². The van der Waals surface area contributed by atoms with Crippen molar-refractivity contribution in [2.45, 2.75) is 29.8 Å². The van der Waals surface area contributed by atoms with Crippen LogP contribution in [0, 0.1) is 0 Å². The molecule has 131 valence electrons. The predicted octanol–water partition coefficient (Wildman–Crippen LogP) is 2.12. The van der Waals surface area contributed by atoms with Crippen LogP contribution < -0.4 is 0 Å². The zero-order chi connectivity index (χ0) is 17.3. The Balaban J connectivity index is 0. The van der Waals surface area contributed by atoms with Crippen LogP contribution in [0.2, 0.25) is 0 Å². The molecule has 0 rings (SSSR count). The molecule has 0 aromatic heterocycles. The van der Waals surface area contributed by atoms with Gasteiger partial charge in [0, 0.05) is 32.7 Å². The number of aliphatic hydroxyl groups is 2. The summed E-state index contributed by atoms with van der Waals surface area (Å²) in [6.07, 6.45) is -5.69. The first kappa shape index (κ1) is 24.5. The van der Waals surface area contributed by atoms with Gasteiger partial charge in [0.2, 0.25) is 0 Å². The zero-order valence-electron chi connectivity index (χ0n) is 10.3. The summed E-state index contributed by atoms with van der Waals surface area (Å²) in [5, 5.41) is 15.5. The summed E-state index contributed by atoms with van der Waals surface area (Å²) in [7, 11) is 0. The molecule has 0 aliphatic rings. The zero-order valence-corrected chi connectivity index (χ0v) is 13.1. The standard InChI is InChI=1S/C8H8F10O3.Y/c9-4(10,1-19)7(15,16)5(11,12)2-21-3-6(13,14)8(17,18)20;/h19-20H,1-3H2;. The van der Waals surface area contributed by atoms with E-state index in [-0.39, 0.29) is 32.7 Å². The molecular weight excluding hydrogens is 423 g/mol. The molecule has 2 N–H and O–H groups in total. The number of hydrogen-bond donors (Lipinski definition) is 2. The van der Waals surface area contributed by atoms with Crippen LogP contribution in [0.3, 0.4) is 0 Å². The van der Waals surface area contributed by atoms with Crippen molar-refractivity contribution < 1.29 is 91.6 Å². The molecule has 14 heteroatoms. The number of hydrogen-bond acceptors (Lipinski definition) is 3. The molecule has 0 aliphatic carbocycles. The molecule has 22 heavy (non-hydrogen) atoms. The average molecular weight is 431 g/mol. The van der Waals surface area contributed by atoms with Crippen LogP contribution in [-0.4, -0.2) is 59.8 Å². The van der Waals surface area contributed by atoms with Gasteiger partial charge in [-0.15, -0.1) is 0 Å². The molecule has 0 aromatic rings. The molecule has 1 radical (unpaired) electrons. The number of rotatable bonds is 8. The minimum absolute atomic E-state index is 0. The van der Waals surface area contributed by atoms with Crippen molar-refractivity contribution in [3.63, 3.8) is 0 Å². The molecule has 0 spiro atoms. The second-order valence-corrected chi connectivity index (χ2v) is 3.88. The Morgan fingerprint density at radius 2 is 1.05 bits per heavy atom. The van der Waals surface area contributed by atoms with E-state index in [0.29, 0.717) is 0 Å². The van der Waals surface area contributed by atoms with Crippen LogP contribution in [0.5, 0.6) is 0 Å². The van der Waals surface area contributed by atoms with Crippen LogP contribution in [0.1, 0.15) is 0 Å². The van der Waals surface area contributed by atoms with Crippen LogP contribution in [0.15, 0.2) is 0 Å². The molecule has 0 heterocycles. The Labute approximate surface area is 141 Å². The minimum atomic E-state index is -6.19. The maximum atomic E-state index is 12.8. The molecule has 0 aromatic carbocycles.